The number of rotatable bonds is 4. The lowest BCUT2D eigenvalue weighted by molar-refractivity contribution is 0.194. The minimum absolute atomic E-state index is 0.369. The molecule has 0 bridgehead atoms. The molecule has 0 unspecified atom stereocenters. The second kappa shape index (κ2) is 5.35. The van der Waals surface area contributed by atoms with E-state index >= 15 is 0 Å². The molecule has 2 N–H and O–H groups in total. The lowest BCUT2D eigenvalue weighted by Gasteiger charge is -2.00. The van der Waals surface area contributed by atoms with Crippen molar-refractivity contribution >= 4 is 6.09 Å². The molecule has 1 amide bonds. The summed E-state index contributed by atoms with van der Waals surface area (Å²) in [4.78, 5) is 14.9. The van der Waals surface area contributed by atoms with Gasteiger partial charge in [-0.15, -0.1) is 0 Å². The van der Waals surface area contributed by atoms with Crippen molar-refractivity contribution in [1.29, 1.82) is 0 Å². The topological polar surface area (TPSA) is 67.2 Å². The van der Waals surface area contributed by atoms with Gasteiger partial charge in [0.15, 0.2) is 0 Å². The molecule has 0 aliphatic heterocycles. The Morgan fingerprint density at radius 3 is 2.78 bits per heavy atom. The van der Waals surface area contributed by atoms with Crippen LogP contribution in [0.1, 0.15) is 5.82 Å². The second-order valence-electron chi connectivity index (χ2n) is 4.00. The normalized spacial score (nSPS) is 10.3. The van der Waals surface area contributed by atoms with E-state index in [2.05, 4.69) is 10.3 Å². The van der Waals surface area contributed by atoms with E-state index in [-0.39, 0.29) is 0 Å². The van der Waals surface area contributed by atoms with Gasteiger partial charge >= 0.3 is 6.09 Å². The van der Waals surface area contributed by atoms with Gasteiger partial charge in [-0.05, 0) is 0 Å². The van der Waals surface area contributed by atoms with Crippen molar-refractivity contribution in [2.75, 3.05) is 6.54 Å². The summed E-state index contributed by atoms with van der Waals surface area (Å²) in [5, 5.41) is 10.8. The Morgan fingerprint density at radius 2 is 2.11 bits per heavy atom. The Bertz CT molecular complexity index is 534. The maximum atomic E-state index is 10.4. The number of hydrogen-bond donors (Lipinski definition) is 2. The van der Waals surface area contributed by atoms with Gasteiger partial charge in [0.1, 0.15) is 5.82 Å². The Labute approximate surface area is 105 Å². The van der Waals surface area contributed by atoms with E-state index in [4.69, 9.17) is 5.11 Å². The number of imidazole rings is 1. The summed E-state index contributed by atoms with van der Waals surface area (Å²) in [6, 6.07) is 9.90. The van der Waals surface area contributed by atoms with Crippen LogP contribution in [0.2, 0.25) is 0 Å². The predicted molar refractivity (Wildman–Crippen MR) is 68.4 cm³/mol. The van der Waals surface area contributed by atoms with Crippen LogP contribution in [0, 0.1) is 0 Å². The van der Waals surface area contributed by atoms with Crippen molar-refractivity contribution in [3.05, 3.63) is 42.4 Å². The van der Waals surface area contributed by atoms with Gasteiger partial charge in [0.2, 0.25) is 0 Å². The molecule has 0 fully saturated rings. The quantitative estimate of drug-likeness (QED) is 0.864. The molecule has 2 rings (SSSR count). The highest BCUT2D eigenvalue weighted by molar-refractivity contribution is 5.64. The minimum atomic E-state index is -1.01. The van der Waals surface area contributed by atoms with E-state index < -0.39 is 6.09 Å². The first-order chi connectivity index (χ1) is 8.66. The number of aromatic nitrogens is 2. The van der Waals surface area contributed by atoms with Crippen LogP contribution in [0.15, 0.2) is 36.5 Å². The van der Waals surface area contributed by atoms with Gasteiger partial charge < -0.3 is 15.0 Å². The van der Waals surface area contributed by atoms with Crippen molar-refractivity contribution in [2.45, 2.75) is 6.42 Å². The highest BCUT2D eigenvalue weighted by Crippen LogP contribution is 2.17. The third-order valence-corrected chi connectivity index (χ3v) is 2.67. The van der Waals surface area contributed by atoms with Crippen molar-refractivity contribution in [3.63, 3.8) is 0 Å². The van der Waals surface area contributed by atoms with Crippen LogP contribution in [0.4, 0.5) is 4.79 Å². The van der Waals surface area contributed by atoms with E-state index in [0.29, 0.717) is 13.0 Å². The number of carbonyl (C=O) groups is 1. The lowest BCUT2D eigenvalue weighted by Crippen LogP contribution is -2.24. The first-order valence-electron chi connectivity index (χ1n) is 5.71. The number of aryl methyl sites for hydroxylation is 1. The van der Waals surface area contributed by atoms with Gasteiger partial charge in [-0.3, -0.25) is 0 Å². The van der Waals surface area contributed by atoms with Crippen LogP contribution in [-0.4, -0.2) is 27.3 Å². The number of carboxylic acid groups (broad SMARTS) is 1. The maximum absolute atomic E-state index is 10.4. The summed E-state index contributed by atoms with van der Waals surface area (Å²) in [6.45, 7) is 0.369. The average Bonchev–Trinajstić information content (AvgIpc) is 2.72. The van der Waals surface area contributed by atoms with Crippen molar-refractivity contribution in [1.82, 2.24) is 14.9 Å². The summed E-state index contributed by atoms with van der Waals surface area (Å²) < 4.78 is 1.92. The molecule has 0 radical (unpaired) electrons. The zero-order chi connectivity index (χ0) is 13.0. The molecule has 2 aromatic rings. The van der Waals surface area contributed by atoms with Crippen LogP contribution < -0.4 is 5.32 Å². The zero-order valence-electron chi connectivity index (χ0n) is 10.1. The molecule has 0 aliphatic carbocycles. The molecule has 1 heterocycles. The van der Waals surface area contributed by atoms with Gasteiger partial charge in [-0.25, -0.2) is 9.78 Å². The summed E-state index contributed by atoms with van der Waals surface area (Å²) in [5.41, 5.74) is 1.97. The van der Waals surface area contributed by atoms with Crippen molar-refractivity contribution < 1.29 is 9.90 Å². The van der Waals surface area contributed by atoms with Gasteiger partial charge in [0.05, 0.1) is 5.69 Å². The molecule has 18 heavy (non-hydrogen) atoms. The number of amides is 1. The average molecular weight is 245 g/mol. The first-order valence-corrected chi connectivity index (χ1v) is 5.71. The molecule has 1 aromatic carbocycles. The van der Waals surface area contributed by atoms with E-state index in [1.54, 1.807) is 0 Å². The second-order valence-corrected chi connectivity index (χ2v) is 4.00. The van der Waals surface area contributed by atoms with Crippen LogP contribution in [0.3, 0.4) is 0 Å². The maximum Gasteiger partial charge on any atom is 0.404 e. The molecule has 0 aliphatic rings. The highest BCUT2D eigenvalue weighted by atomic mass is 16.4. The Kier molecular flexibility index (Phi) is 3.62. The fraction of sp³-hybridized carbons (Fsp3) is 0.231. The Balaban J connectivity index is 2.10. The molecule has 5 heteroatoms. The lowest BCUT2D eigenvalue weighted by atomic mass is 10.2. The fourth-order valence-electron chi connectivity index (χ4n) is 1.77. The predicted octanol–water partition coefficient (Wildman–Crippen LogP) is 1.90. The number of hydrogen-bond acceptors (Lipinski definition) is 2. The minimum Gasteiger partial charge on any atom is -0.465 e. The molecular formula is C13H15N3O2. The smallest absolute Gasteiger partial charge is 0.404 e. The molecule has 5 nitrogen and oxygen atoms in total. The molecule has 1 aromatic heterocycles. The molecule has 94 valence electrons. The number of nitrogens with zero attached hydrogens (tertiary/aromatic N) is 2. The Hall–Kier alpha value is -2.30. The molecule has 0 spiro atoms. The summed E-state index contributed by atoms with van der Waals surface area (Å²) in [7, 11) is 1.91. The summed E-state index contributed by atoms with van der Waals surface area (Å²) in [6.07, 6.45) is 1.52. The van der Waals surface area contributed by atoms with E-state index in [0.717, 1.165) is 17.1 Å². The third-order valence-electron chi connectivity index (χ3n) is 2.67. The summed E-state index contributed by atoms with van der Waals surface area (Å²) >= 11 is 0. The largest absolute Gasteiger partial charge is 0.465 e. The standard InChI is InChI=1S/C13H15N3O2/c1-16-9-11(10-5-3-2-4-6-10)15-12(16)7-8-14-13(17)18/h2-6,9,14H,7-8H2,1H3,(H,17,18). The molecular weight excluding hydrogens is 230 g/mol. The monoisotopic (exact) mass is 245 g/mol. The van der Waals surface area contributed by atoms with Crippen molar-refractivity contribution in [2.24, 2.45) is 7.05 Å². The van der Waals surface area contributed by atoms with E-state index in [1.165, 1.54) is 0 Å². The van der Waals surface area contributed by atoms with Crippen molar-refractivity contribution in [3.8, 4) is 11.3 Å². The van der Waals surface area contributed by atoms with Gasteiger partial charge in [-0.2, -0.15) is 0 Å². The van der Waals surface area contributed by atoms with Gasteiger partial charge in [-0.1, -0.05) is 30.3 Å². The SMILES string of the molecule is Cn1cc(-c2ccccc2)nc1CCNC(=O)O. The molecule has 0 saturated heterocycles. The van der Waals surface area contributed by atoms with Gasteiger partial charge in [0.25, 0.3) is 0 Å². The highest BCUT2D eigenvalue weighted by Gasteiger charge is 2.07. The Morgan fingerprint density at radius 1 is 1.39 bits per heavy atom. The summed E-state index contributed by atoms with van der Waals surface area (Å²) in [5.74, 6) is 0.864. The van der Waals surface area contributed by atoms with E-state index in [1.807, 2.05) is 48.1 Å². The third kappa shape index (κ3) is 2.88. The van der Waals surface area contributed by atoms with Crippen LogP contribution in [-0.2, 0) is 13.5 Å². The number of benzene rings is 1. The van der Waals surface area contributed by atoms with Gasteiger partial charge in [0, 0.05) is 31.8 Å². The molecule has 0 saturated carbocycles. The first kappa shape index (κ1) is 12.2. The number of nitrogens with one attached hydrogen (secondary N) is 1. The van der Waals surface area contributed by atoms with Crippen LogP contribution >= 0.6 is 0 Å². The van der Waals surface area contributed by atoms with Crippen LogP contribution in [0.5, 0.6) is 0 Å². The zero-order valence-corrected chi connectivity index (χ0v) is 10.1. The van der Waals surface area contributed by atoms with Crippen LogP contribution in [0.25, 0.3) is 11.3 Å². The fourth-order valence-corrected chi connectivity index (χ4v) is 1.77. The van der Waals surface area contributed by atoms with E-state index in [9.17, 15) is 4.79 Å². The molecule has 0 atom stereocenters.